The summed E-state index contributed by atoms with van der Waals surface area (Å²) >= 11 is 15.5. The number of nitrogens with one attached hydrogen (secondary N) is 1. The molecule has 0 spiro atoms. The van der Waals surface area contributed by atoms with Crippen LogP contribution in [-0.4, -0.2) is 7.05 Å². The summed E-state index contributed by atoms with van der Waals surface area (Å²) in [5.41, 5.74) is 1.78. The van der Waals surface area contributed by atoms with Crippen molar-refractivity contribution in [3.8, 4) is 0 Å². The standard InChI is InChI=1S/C15H13BrCl2FN/c1-20-14(11-3-2-4-13(19)15(11)16)8-9-7-10(17)5-6-12(9)18/h2-7,14,20H,8H2,1H3. The molecule has 1 N–H and O–H groups in total. The number of benzene rings is 2. The van der Waals surface area contributed by atoms with Gasteiger partial charge in [-0.05, 0) is 64.8 Å². The lowest BCUT2D eigenvalue weighted by Gasteiger charge is -2.19. The number of hydrogen-bond acceptors (Lipinski definition) is 1. The van der Waals surface area contributed by atoms with Gasteiger partial charge in [0.1, 0.15) is 5.82 Å². The minimum Gasteiger partial charge on any atom is -0.313 e. The Kier molecular flexibility index (Phi) is 5.44. The Hall–Kier alpha value is -0.610. The first-order valence-electron chi connectivity index (χ1n) is 6.08. The van der Waals surface area contributed by atoms with Gasteiger partial charge in [0.2, 0.25) is 0 Å². The Bertz CT molecular complexity index is 619. The number of likely N-dealkylation sites (N-methyl/N-ethyl adjacent to an activating group) is 1. The molecule has 0 aromatic heterocycles. The van der Waals surface area contributed by atoms with Gasteiger partial charge in [-0.1, -0.05) is 35.3 Å². The smallest absolute Gasteiger partial charge is 0.137 e. The molecule has 0 saturated carbocycles. The summed E-state index contributed by atoms with van der Waals surface area (Å²) in [4.78, 5) is 0. The zero-order valence-electron chi connectivity index (χ0n) is 10.8. The van der Waals surface area contributed by atoms with Crippen molar-refractivity contribution in [2.45, 2.75) is 12.5 Å². The van der Waals surface area contributed by atoms with Crippen LogP contribution in [0.25, 0.3) is 0 Å². The molecule has 1 atom stereocenters. The molecule has 0 heterocycles. The fraction of sp³-hybridized carbons (Fsp3) is 0.200. The first kappa shape index (κ1) is 15.8. The summed E-state index contributed by atoms with van der Waals surface area (Å²) in [6.45, 7) is 0. The third-order valence-corrected chi connectivity index (χ3v) is 4.58. The highest BCUT2D eigenvalue weighted by Gasteiger charge is 2.17. The zero-order chi connectivity index (χ0) is 14.7. The van der Waals surface area contributed by atoms with Crippen LogP contribution in [0.15, 0.2) is 40.9 Å². The van der Waals surface area contributed by atoms with Crippen molar-refractivity contribution >= 4 is 39.1 Å². The molecule has 0 amide bonds. The van der Waals surface area contributed by atoms with E-state index in [-0.39, 0.29) is 11.9 Å². The normalized spacial score (nSPS) is 12.4. The van der Waals surface area contributed by atoms with Crippen LogP contribution in [-0.2, 0) is 6.42 Å². The lowest BCUT2D eigenvalue weighted by molar-refractivity contribution is 0.571. The Labute approximate surface area is 136 Å². The largest absolute Gasteiger partial charge is 0.313 e. The molecule has 5 heteroatoms. The van der Waals surface area contributed by atoms with Gasteiger partial charge in [-0.2, -0.15) is 0 Å². The van der Waals surface area contributed by atoms with E-state index in [2.05, 4.69) is 21.2 Å². The van der Waals surface area contributed by atoms with E-state index >= 15 is 0 Å². The van der Waals surface area contributed by atoms with Gasteiger partial charge < -0.3 is 5.32 Å². The van der Waals surface area contributed by atoms with Crippen LogP contribution >= 0.6 is 39.1 Å². The van der Waals surface area contributed by atoms with Gasteiger partial charge in [0, 0.05) is 16.1 Å². The lowest BCUT2D eigenvalue weighted by atomic mass is 9.99. The van der Waals surface area contributed by atoms with E-state index in [1.54, 1.807) is 18.2 Å². The number of rotatable bonds is 4. The SMILES string of the molecule is CNC(Cc1cc(Cl)ccc1Cl)c1cccc(F)c1Br. The van der Waals surface area contributed by atoms with Gasteiger partial charge in [0.15, 0.2) is 0 Å². The van der Waals surface area contributed by atoms with Crippen molar-refractivity contribution in [1.29, 1.82) is 0 Å². The number of halogens is 4. The minimum absolute atomic E-state index is 0.0592. The fourth-order valence-electron chi connectivity index (χ4n) is 2.08. The highest BCUT2D eigenvalue weighted by Crippen LogP contribution is 2.30. The van der Waals surface area contributed by atoms with Crippen molar-refractivity contribution < 1.29 is 4.39 Å². The predicted molar refractivity (Wildman–Crippen MR) is 86.1 cm³/mol. The van der Waals surface area contributed by atoms with Crippen LogP contribution in [0.2, 0.25) is 10.0 Å². The summed E-state index contributed by atoms with van der Waals surface area (Å²) in [6, 6.07) is 10.3. The van der Waals surface area contributed by atoms with E-state index in [0.29, 0.717) is 20.9 Å². The van der Waals surface area contributed by atoms with Crippen LogP contribution in [0, 0.1) is 5.82 Å². The second-order valence-electron chi connectivity index (χ2n) is 4.42. The van der Waals surface area contributed by atoms with Crippen molar-refractivity contribution in [3.63, 3.8) is 0 Å². The maximum atomic E-state index is 13.6. The molecule has 20 heavy (non-hydrogen) atoms. The monoisotopic (exact) mass is 375 g/mol. The van der Waals surface area contributed by atoms with Gasteiger partial charge in [0.25, 0.3) is 0 Å². The molecule has 0 aliphatic carbocycles. The quantitative estimate of drug-likeness (QED) is 0.753. The van der Waals surface area contributed by atoms with E-state index in [1.807, 2.05) is 19.2 Å². The van der Waals surface area contributed by atoms with Gasteiger partial charge in [-0.15, -0.1) is 0 Å². The molecule has 106 valence electrons. The molecule has 2 aromatic rings. The fourth-order valence-corrected chi connectivity index (χ4v) is 3.01. The summed E-state index contributed by atoms with van der Waals surface area (Å²) < 4.78 is 14.1. The van der Waals surface area contributed by atoms with Crippen LogP contribution in [0.5, 0.6) is 0 Å². The zero-order valence-corrected chi connectivity index (χ0v) is 13.9. The highest BCUT2D eigenvalue weighted by molar-refractivity contribution is 9.10. The lowest BCUT2D eigenvalue weighted by Crippen LogP contribution is -2.19. The molecular weight excluding hydrogens is 364 g/mol. The van der Waals surface area contributed by atoms with Crippen LogP contribution in [0.3, 0.4) is 0 Å². The van der Waals surface area contributed by atoms with Crippen LogP contribution in [0.1, 0.15) is 17.2 Å². The highest BCUT2D eigenvalue weighted by atomic mass is 79.9. The molecule has 0 aliphatic heterocycles. The minimum atomic E-state index is -0.278. The third kappa shape index (κ3) is 3.53. The molecule has 0 radical (unpaired) electrons. The average Bonchev–Trinajstić information content (AvgIpc) is 2.43. The Balaban J connectivity index is 2.34. The maximum Gasteiger partial charge on any atom is 0.137 e. The Morgan fingerprint density at radius 2 is 2.00 bits per heavy atom. The molecule has 0 bridgehead atoms. The Morgan fingerprint density at radius 1 is 1.25 bits per heavy atom. The first-order valence-corrected chi connectivity index (χ1v) is 7.63. The predicted octanol–water partition coefficient (Wildman–Crippen LogP) is 5.40. The number of hydrogen-bond donors (Lipinski definition) is 1. The van der Waals surface area contributed by atoms with Crippen molar-refractivity contribution in [1.82, 2.24) is 5.32 Å². The topological polar surface area (TPSA) is 12.0 Å². The Morgan fingerprint density at radius 3 is 2.70 bits per heavy atom. The molecule has 1 unspecified atom stereocenters. The average molecular weight is 377 g/mol. The van der Waals surface area contributed by atoms with E-state index in [9.17, 15) is 4.39 Å². The van der Waals surface area contributed by atoms with Gasteiger partial charge >= 0.3 is 0 Å². The van der Waals surface area contributed by atoms with Crippen molar-refractivity contribution in [3.05, 3.63) is 67.9 Å². The molecule has 0 aliphatic rings. The van der Waals surface area contributed by atoms with Crippen LogP contribution in [0.4, 0.5) is 4.39 Å². The summed E-state index contributed by atoms with van der Waals surface area (Å²) in [5, 5.41) is 4.47. The summed E-state index contributed by atoms with van der Waals surface area (Å²) in [5.74, 6) is -0.278. The third-order valence-electron chi connectivity index (χ3n) is 3.14. The molecule has 2 rings (SSSR count). The second-order valence-corrected chi connectivity index (χ2v) is 6.06. The molecule has 0 saturated heterocycles. The first-order chi connectivity index (χ1) is 9.52. The van der Waals surface area contributed by atoms with E-state index < -0.39 is 0 Å². The van der Waals surface area contributed by atoms with Gasteiger partial charge in [-0.25, -0.2) is 4.39 Å². The molecule has 0 fully saturated rings. The van der Waals surface area contributed by atoms with Crippen molar-refractivity contribution in [2.75, 3.05) is 7.05 Å². The second kappa shape index (κ2) is 6.90. The van der Waals surface area contributed by atoms with Gasteiger partial charge in [-0.3, -0.25) is 0 Å². The van der Waals surface area contributed by atoms with E-state index in [4.69, 9.17) is 23.2 Å². The molecular formula is C15H13BrCl2FN. The van der Waals surface area contributed by atoms with Crippen LogP contribution < -0.4 is 5.32 Å². The van der Waals surface area contributed by atoms with Gasteiger partial charge in [0.05, 0.1) is 4.47 Å². The van der Waals surface area contributed by atoms with E-state index in [0.717, 1.165) is 11.1 Å². The van der Waals surface area contributed by atoms with Crippen molar-refractivity contribution in [2.24, 2.45) is 0 Å². The summed E-state index contributed by atoms with van der Waals surface area (Å²) in [7, 11) is 1.83. The molecule has 1 nitrogen and oxygen atoms in total. The molecule has 2 aromatic carbocycles. The maximum absolute atomic E-state index is 13.6. The van der Waals surface area contributed by atoms with E-state index in [1.165, 1.54) is 6.07 Å². The summed E-state index contributed by atoms with van der Waals surface area (Å²) in [6.07, 6.45) is 0.623.